The molecule has 5 heteroatoms. The van der Waals surface area contributed by atoms with Gasteiger partial charge in [0.15, 0.2) is 0 Å². The summed E-state index contributed by atoms with van der Waals surface area (Å²) < 4.78 is 0.380. The molecule has 0 heterocycles. The van der Waals surface area contributed by atoms with Crippen molar-refractivity contribution in [2.45, 2.75) is 45.3 Å². The van der Waals surface area contributed by atoms with Crippen molar-refractivity contribution in [2.75, 3.05) is 12.3 Å². The first-order chi connectivity index (χ1) is 7.44. The topological polar surface area (TPSA) is 29.1 Å². The fraction of sp³-hybridized carbons (Fsp3) is 0.818. The molecule has 1 amide bonds. The first-order valence-corrected chi connectivity index (χ1v) is 7.79. The molecule has 0 aliphatic rings. The van der Waals surface area contributed by atoms with Crippen LogP contribution in [0.3, 0.4) is 0 Å². The Morgan fingerprint density at radius 2 is 2.00 bits per heavy atom. The molecular weight excluding hydrogens is 258 g/mol. The fourth-order valence-corrected chi connectivity index (χ4v) is 4.00. The fourth-order valence-electron chi connectivity index (χ4n) is 0.994. The van der Waals surface area contributed by atoms with Crippen LogP contribution in [0, 0.1) is 0 Å². The smallest absolute Gasteiger partial charge is 0.236 e. The SMILES string of the molecule is CCCCNC(=O)C(C)(C)SC(=S)SCC. The Kier molecular flexibility index (Phi) is 8.50. The number of hydrogen-bond acceptors (Lipinski definition) is 4. The summed E-state index contributed by atoms with van der Waals surface area (Å²) in [6.45, 7) is 8.76. The van der Waals surface area contributed by atoms with Gasteiger partial charge in [-0.25, -0.2) is 0 Å². The van der Waals surface area contributed by atoms with E-state index >= 15 is 0 Å². The van der Waals surface area contributed by atoms with Gasteiger partial charge in [-0.2, -0.15) is 0 Å². The average molecular weight is 279 g/mol. The second kappa shape index (κ2) is 8.37. The van der Waals surface area contributed by atoms with E-state index in [2.05, 4.69) is 19.2 Å². The lowest BCUT2D eigenvalue weighted by Crippen LogP contribution is -2.40. The van der Waals surface area contributed by atoms with Crippen LogP contribution in [0.4, 0.5) is 0 Å². The van der Waals surface area contributed by atoms with Crippen molar-refractivity contribution in [3.8, 4) is 0 Å². The highest BCUT2D eigenvalue weighted by Crippen LogP contribution is 2.30. The first kappa shape index (κ1) is 16.3. The number of rotatable bonds is 6. The summed E-state index contributed by atoms with van der Waals surface area (Å²) in [5.74, 6) is 1.03. The number of carbonyl (C=O) groups excluding carboxylic acids is 1. The Balaban J connectivity index is 4.09. The van der Waals surface area contributed by atoms with Gasteiger partial charge in [-0.15, -0.1) is 11.8 Å². The summed E-state index contributed by atoms with van der Waals surface area (Å²) >= 11 is 8.30. The Morgan fingerprint density at radius 3 is 2.50 bits per heavy atom. The van der Waals surface area contributed by atoms with Crippen LogP contribution in [0.2, 0.25) is 0 Å². The van der Waals surface area contributed by atoms with Crippen LogP contribution in [-0.2, 0) is 4.79 Å². The molecule has 0 saturated heterocycles. The molecule has 0 aliphatic carbocycles. The molecule has 0 radical (unpaired) electrons. The van der Waals surface area contributed by atoms with E-state index in [4.69, 9.17) is 12.2 Å². The predicted molar refractivity (Wildman–Crippen MR) is 80.3 cm³/mol. The molecular formula is C11H21NOS3. The van der Waals surface area contributed by atoms with Crippen molar-refractivity contribution in [3.05, 3.63) is 0 Å². The maximum atomic E-state index is 11.9. The van der Waals surface area contributed by atoms with Gasteiger partial charge in [0.1, 0.15) is 3.53 Å². The van der Waals surface area contributed by atoms with E-state index in [-0.39, 0.29) is 5.91 Å². The molecule has 1 N–H and O–H groups in total. The van der Waals surface area contributed by atoms with Gasteiger partial charge in [-0.1, -0.05) is 44.2 Å². The van der Waals surface area contributed by atoms with Crippen molar-refractivity contribution < 1.29 is 4.79 Å². The van der Waals surface area contributed by atoms with Crippen LogP contribution >= 0.6 is 35.7 Å². The maximum Gasteiger partial charge on any atom is 0.236 e. The van der Waals surface area contributed by atoms with Gasteiger partial charge in [-0.05, 0) is 26.0 Å². The van der Waals surface area contributed by atoms with Crippen molar-refractivity contribution in [3.63, 3.8) is 0 Å². The summed E-state index contributed by atoms with van der Waals surface area (Å²) in [5.41, 5.74) is 0. The highest BCUT2D eigenvalue weighted by Gasteiger charge is 2.29. The molecule has 0 aromatic heterocycles. The van der Waals surface area contributed by atoms with Crippen LogP contribution in [0.5, 0.6) is 0 Å². The summed E-state index contributed by atoms with van der Waals surface area (Å²) in [4.78, 5) is 11.9. The summed E-state index contributed by atoms with van der Waals surface area (Å²) in [5, 5.41) is 2.94. The third-order valence-corrected chi connectivity index (χ3v) is 4.56. The lowest BCUT2D eigenvalue weighted by Gasteiger charge is -2.22. The highest BCUT2D eigenvalue weighted by atomic mass is 32.2. The average Bonchev–Trinajstić information content (AvgIpc) is 2.17. The van der Waals surface area contributed by atoms with E-state index in [0.717, 1.165) is 28.7 Å². The third-order valence-electron chi connectivity index (χ3n) is 1.96. The zero-order chi connectivity index (χ0) is 12.6. The summed E-state index contributed by atoms with van der Waals surface area (Å²) in [7, 11) is 0. The number of thiocarbonyl (C=S) groups is 1. The summed E-state index contributed by atoms with van der Waals surface area (Å²) in [6.07, 6.45) is 2.12. The Morgan fingerprint density at radius 1 is 1.38 bits per heavy atom. The number of unbranched alkanes of at least 4 members (excludes halogenated alkanes) is 1. The van der Waals surface area contributed by atoms with Gasteiger partial charge in [0.2, 0.25) is 5.91 Å². The van der Waals surface area contributed by atoms with Crippen LogP contribution < -0.4 is 5.32 Å². The lowest BCUT2D eigenvalue weighted by atomic mass is 10.2. The van der Waals surface area contributed by atoms with E-state index in [0.29, 0.717) is 0 Å². The van der Waals surface area contributed by atoms with Crippen molar-refractivity contribution in [1.82, 2.24) is 5.32 Å². The van der Waals surface area contributed by atoms with Crippen molar-refractivity contribution in [1.29, 1.82) is 0 Å². The van der Waals surface area contributed by atoms with E-state index < -0.39 is 4.75 Å². The molecule has 16 heavy (non-hydrogen) atoms. The number of thioether (sulfide) groups is 2. The normalized spacial score (nSPS) is 11.2. The quantitative estimate of drug-likeness (QED) is 0.595. The van der Waals surface area contributed by atoms with Crippen molar-refractivity contribution in [2.24, 2.45) is 0 Å². The van der Waals surface area contributed by atoms with Gasteiger partial charge >= 0.3 is 0 Å². The molecule has 0 spiro atoms. The van der Waals surface area contributed by atoms with Gasteiger partial charge in [0.05, 0.1) is 4.75 Å². The monoisotopic (exact) mass is 279 g/mol. The van der Waals surface area contributed by atoms with Gasteiger partial charge in [0, 0.05) is 6.54 Å². The zero-order valence-electron chi connectivity index (χ0n) is 10.5. The van der Waals surface area contributed by atoms with Gasteiger partial charge < -0.3 is 5.32 Å². The van der Waals surface area contributed by atoms with Crippen LogP contribution in [0.25, 0.3) is 0 Å². The first-order valence-electron chi connectivity index (χ1n) is 5.58. The molecule has 0 rings (SSSR count). The molecule has 0 atom stereocenters. The molecule has 2 nitrogen and oxygen atoms in total. The zero-order valence-corrected chi connectivity index (χ0v) is 12.9. The van der Waals surface area contributed by atoms with E-state index in [1.807, 2.05) is 13.8 Å². The summed E-state index contributed by atoms with van der Waals surface area (Å²) in [6, 6.07) is 0. The van der Waals surface area contributed by atoms with E-state index in [1.54, 1.807) is 11.8 Å². The number of amides is 1. The van der Waals surface area contributed by atoms with Gasteiger partial charge in [-0.3, -0.25) is 4.79 Å². The molecule has 0 bridgehead atoms. The molecule has 0 unspecified atom stereocenters. The minimum atomic E-state index is -0.465. The van der Waals surface area contributed by atoms with Crippen LogP contribution in [-0.4, -0.2) is 26.5 Å². The minimum absolute atomic E-state index is 0.0741. The number of carbonyl (C=O) groups is 1. The second-order valence-electron chi connectivity index (χ2n) is 3.90. The minimum Gasteiger partial charge on any atom is -0.355 e. The molecule has 0 fully saturated rings. The van der Waals surface area contributed by atoms with Crippen LogP contribution in [0.1, 0.15) is 40.5 Å². The molecule has 0 aromatic carbocycles. The molecule has 94 valence electrons. The van der Waals surface area contributed by atoms with Gasteiger partial charge in [0.25, 0.3) is 0 Å². The Hall–Kier alpha value is 0.260. The van der Waals surface area contributed by atoms with Crippen LogP contribution in [0.15, 0.2) is 0 Å². The number of nitrogens with one attached hydrogen (secondary N) is 1. The molecule has 0 aromatic rings. The molecule has 0 saturated carbocycles. The Labute approximate surface area is 113 Å². The van der Waals surface area contributed by atoms with E-state index in [1.165, 1.54) is 11.8 Å². The Bertz CT molecular complexity index is 241. The van der Waals surface area contributed by atoms with E-state index in [9.17, 15) is 4.79 Å². The largest absolute Gasteiger partial charge is 0.355 e. The third kappa shape index (κ3) is 6.76. The number of hydrogen-bond donors (Lipinski definition) is 1. The predicted octanol–water partition coefficient (Wildman–Crippen LogP) is 3.45. The van der Waals surface area contributed by atoms with Crippen molar-refractivity contribution >= 4 is 45.2 Å². The lowest BCUT2D eigenvalue weighted by molar-refractivity contribution is -0.122. The second-order valence-corrected chi connectivity index (χ2v) is 8.00. The molecule has 0 aliphatic heterocycles. The highest BCUT2D eigenvalue weighted by molar-refractivity contribution is 8.47. The standard InChI is InChI=1S/C11H21NOS3/c1-5-7-8-12-9(13)11(3,4)16-10(14)15-6-2/h5-8H2,1-4H3,(H,12,13). The maximum absolute atomic E-state index is 11.9.